The second-order valence-electron chi connectivity index (χ2n) is 3.51. The molecular weight excluding hydrogens is 202 g/mol. The highest BCUT2D eigenvalue weighted by Crippen LogP contribution is 2.22. The minimum Gasteiger partial charge on any atom is -0.382 e. The molecule has 0 aliphatic rings. The number of anilines is 2. The molecule has 2 rings (SSSR count). The Hall–Kier alpha value is -2.48. The molecule has 0 spiro atoms. The second kappa shape index (κ2) is 3.59. The van der Waals surface area contributed by atoms with Crippen LogP contribution in [0, 0.1) is 18.3 Å². The van der Waals surface area contributed by atoms with Gasteiger partial charge in [-0.2, -0.15) is 5.26 Å². The Bertz CT molecular complexity index is 577. The molecule has 5 heteroatoms. The summed E-state index contributed by atoms with van der Waals surface area (Å²) in [4.78, 5) is 0. The van der Waals surface area contributed by atoms with Gasteiger partial charge < -0.3 is 11.5 Å². The first-order chi connectivity index (χ1) is 7.63. The number of hydrogen-bond acceptors (Lipinski definition) is 4. The quantitative estimate of drug-likeness (QED) is 0.744. The molecule has 2 aromatic rings. The fraction of sp³-hybridized carbons (Fsp3) is 0.0909. The van der Waals surface area contributed by atoms with Crippen LogP contribution in [0.4, 0.5) is 11.6 Å². The minimum atomic E-state index is 0.154. The zero-order valence-corrected chi connectivity index (χ0v) is 8.81. The van der Waals surface area contributed by atoms with Crippen molar-refractivity contribution in [1.82, 2.24) is 9.78 Å². The number of hydrogen-bond donors (Lipinski definition) is 2. The molecule has 0 atom stereocenters. The third kappa shape index (κ3) is 1.46. The number of nitrogens with two attached hydrogens (primary N) is 2. The Balaban J connectivity index is 2.62. The van der Waals surface area contributed by atoms with Gasteiger partial charge in [0.05, 0.1) is 5.69 Å². The van der Waals surface area contributed by atoms with E-state index in [4.69, 9.17) is 16.7 Å². The van der Waals surface area contributed by atoms with Gasteiger partial charge in [-0.1, -0.05) is 12.1 Å². The standard InChI is InChI=1S/C11H11N5/c1-7-3-2-4-8(5-7)16-11(14)9(6-12)10(13)15-16/h2-5H,14H2,1H3,(H2,13,15). The summed E-state index contributed by atoms with van der Waals surface area (Å²) in [6.07, 6.45) is 0. The summed E-state index contributed by atoms with van der Waals surface area (Å²) in [5.41, 5.74) is 13.5. The molecule has 0 unspecified atom stereocenters. The van der Waals surface area contributed by atoms with Crippen molar-refractivity contribution in [2.45, 2.75) is 6.92 Å². The zero-order valence-electron chi connectivity index (χ0n) is 8.81. The van der Waals surface area contributed by atoms with Gasteiger partial charge in [0, 0.05) is 0 Å². The topological polar surface area (TPSA) is 93.6 Å². The van der Waals surface area contributed by atoms with Gasteiger partial charge in [0.2, 0.25) is 0 Å². The molecule has 0 radical (unpaired) electrons. The van der Waals surface area contributed by atoms with Crippen molar-refractivity contribution < 1.29 is 0 Å². The third-order valence-electron chi connectivity index (χ3n) is 2.31. The maximum Gasteiger partial charge on any atom is 0.166 e. The number of nitrogens with zero attached hydrogens (tertiary/aromatic N) is 3. The molecule has 0 aliphatic heterocycles. The van der Waals surface area contributed by atoms with E-state index in [-0.39, 0.29) is 17.2 Å². The van der Waals surface area contributed by atoms with Crippen molar-refractivity contribution in [3.8, 4) is 11.8 Å². The van der Waals surface area contributed by atoms with Crippen LogP contribution in [0.25, 0.3) is 5.69 Å². The van der Waals surface area contributed by atoms with Gasteiger partial charge >= 0.3 is 0 Å². The van der Waals surface area contributed by atoms with E-state index in [9.17, 15) is 0 Å². The number of aromatic nitrogens is 2. The van der Waals surface area contributed by atoms with Gasteiger partial charge in [-0.05, 0) is 24.6 Å². The largest absolute Gasteiger partial charge is 0.382 e. The van der Waals surface area contributed by atoms with Crippen LogP contribution in [0.2, 0.25) is 0 Å². The number of nitrogen functional groups attached to an aromatic ring is 2. The molecule has 1 heterocycles. The molecule has 0 saturated carbocycles. The Labute approximate surface area is 92.9 Å². The number of nitriles is 1. The van der Waals surface area contributed by atoms with Gasteiger partial charge in [0.25, 0.3) is 0 Å². The normalized spacial score (nSPS) is 10.0. The summed E-state index contributed by atoms with van der Waals surface area (Å²) in [6.45, 7) is 1.97. The van der Waals surface area contributed by atoms with E-state index in [1.807, 2.05) is 37.3 Å². The molecule has 0 fully saturated rings. The maximum absolute atomic E-state index is 8.85. The number of rotatable bonds is 1. The summed E-state index contributed by atoms with van der Waals surface area (Å²) in [7, 11) is 0. The predicted molar refractivity (Wildman–Crippen MR) is 61.8 cm³/mol. The lowest BCUT2D eigenvalue weighted by molar-refractivity contribution is 0.895. The molecule has 0 amide bonds. The smallest absolute Gasteiger partial charge is 0.166 e. The van der Waals surface area contributed by atoms with Crippen molar-refractivity contribution in [3.63, 3.8) is 0 Å². The minimum absolute atomic E-state index is 0.154. The van der Waals surface area contributed by atoms with Crippen molar-refractivity contribution >= 4 is 11.6 Å². The first-order valence-corrected chi connectivity index (χ1v) is 4.74. The van der Waals surface area contributed by atoms with E-state index in [0.29, 0.717) is 0 Å². The molecule has 80 valence electrons. The third-order valence-corrected chi connectivity index (χ3v) is 2.31. The number of aryl methyl sites for hydroxylation is 1. The van der Waals surface area contributed by atoms with Gasteiger partial charge in [-0.15, -0.1) is 5.10 Å². The first-order valence-electron chi connectivity index (χ1n) is 4.74. The lowest BCUT2D eigenvalue weighted by atomic mass is 10.2. The van der Waals surface area contributed by atoms with Gasteiger partial charge in [-0.25, -0.2) is 4.68 Å². The van der Waals surface area contributed by atoms with E-state index in [1.54, 1.807) is 0 Å². The maximum atomic E-state index is 8.85. The molecular formula is C11H11N5. The van der Waals surface area contributed by atoms with Crippen molar-refractivity contribution in [2.75, 3.05) is 11.5 Å². The fourth-order valence-electron chi connectivity index (χ4n) is 1.52. The van der Waals surface area contributed by atoms with E-state index in [2.05, 4.69) is 5.10 Å². The molecule has 0 saturated heterocycles. The van der Waals surface area contributed by atoms with Crippen LogP contribution >= 0.6 is 0 Å². The van der Waals surface area contributed by atoms with Crippen LogP contribution in [0.1, 0.15) is 11.1 Å². The Morgan fingerprint density at radius 3 is 2.69 bits per heavy atom. The van der Waals surface area contributed by atoms with E-state index in [1.165, 1.54) is 4.68 Å². The lowest BCUT2D eigenvalue weighted by Crippen LogP contribution is -2.02. The van der Waals surface area contributed by atoms with Crippen molar-refractivity contribution in [3.05, 3.63) is 35.4 Å². The van der Waals surface area contributed by atoms with E-state index in [0.717, 1.165) is 11.3 Å². The Morgan fingerprint density at radius 1 is 1.38 bits per heavy atom. The summed E-state index contributed by atoms with van der Waals surface area (Å²) in [6, 6.07) is 9.58. The van der Waals surface area contributed by atoms with E-state index >= 15 is 0 Å². The zero-order chi connectivity index (χ0) is 11.7. The summed E-state index contributed by atoms with van der Waals surface area (Å²) >= 11 is 0. The summed E-state index contributed by atoms with van der Waals surface area (Å²) in [5.74, 6) is 0.423. The SMILES string of the molecule is Cc1cccc(-n2nc(N)c(C#N)c2N)c1. The molecule has 0 bridgehead atoms. The average Bonchev–Trinajstić information content (AvgIpc) is 2.54. The Morgan fingerprint density at radius 2 is 2.12 bits per heavy atom. The highest BCUT2D eigenvalue weighted by molar-refractivity contribution is 5.64. The van der Waals surface area contributed by atoms with Crippen LogP contribution in [0.15, 0.2) is 24.3 Å². The second-order valence-corrected chi connectivity index (χ2v) is 3.51. The van der Waals surface area contributed by atoms with Gasteiger partial charge in [0.1, 0.15) is 17.5 Å². The van der Waals surface area contributed by atoms with Gasteiger partial charge in [0.15, 0.2) is 5.82 Å². The highest BCUT2D eigenvalue weighted by Gasteiger charge is 2.13. The highest BCUT2D eigenvalue weighted by atomic mass is 15.3. The summed E-state index contributed by atoms with van der Waals surface area (Å²) < 4.78 is 1.47. The van der Waals surface area contributed by atoms with Crippen LogP contribution in [0.3, 0.4) is 0 Å². The van der Waals surface area contributed by atoms with Crippen LogP contribution < -0.4 is 11.5 Å². The van der Waals surface area contributed by atoms with Crippen LogP contribution in [0.5, 0.6) is 0 Å². The molecule has 1 aromatic heterocycles. The molecule has 1 aromatic carbocycles. The predicted octanol–water partition coefficient (Wildman–Crippen LogP) is 1.22. The fourth-order valence-corrected chi connectivity index (χ4v) is 1.52. The molecule has 0 aliphatic carbocycles. The summed E-state index contributed by atoms with van der Waals surface area (Å²) in [5, 5.41) is 12.9. The monoisotopic (exact) mass is 213 g/mol. The van der Waals surface area contributed by atoms with Crippen LogP contribution in [-0.2, 0) is 0 Å². The number of benzene rings is 1. The molecule has 4 N–H and O–H groups in total. The first kappa shape index (κ1) is 10.1. The lowest BCUT2D eigenvalue weighted by Gasteiger charge is -2.04. The molecule has 5 nitrogen and oxygen atoms in total. The Kier molecular flexibility index (Phi) is 2.25. The molecule has 16 heavy (non-hydrogen) atoms. The van der Waals surface area contributed by atoms with Gasteiger partial charge in [-0.3, -0.25) is 0 Å². The van der Waals surface area contributed by atoms with Crippen molar-refractivity contribution in [2.24, 2.45) is 0 Å². The van der Waals surface area contributed by atoms with Crippen LogP contribution in [-0.4, -0.2) is 9.78 Å². The average molecular weight is 213 g/mol. The van der Waals surface area contributed by atoms with Crippen molar-refractivity contribution in [1.29, 1.82) is 5.26 Å². The van der Waals surface area contributed by atoms with E-state index < -0.39 is 0 Å².